The van der Waals surface area contributed by atoms with Gasteiger partial charge in [0.05, 0.1) is 0 Å². The van der Waals surface area contributed by atoms with Crippen LogP contribution in [0, 0.1) is 11.3 Å². The number of ether oxygens (including phenoxy) is 1. The number of nitrogens with zero attached hydrogens (tertiary/aromatic N) is 1. The van der Waals surface area contributed by atoms with Crippen molar-refractivity contribution in [2.75, 3.05) is 5.32 Å². The van der Waals surface area contributed by atoms with Gasteiger partial charge in [-0.15, -0.1) is 0 Å². The SMILES string of the molecule is CC(=O)Oc1cccc(/C=C(/C#N)C(=O)Nc2ccc(Cl)cc2)c1. The Labute approximate surface area is 144 Å². The van der Waals surface area contributed by atoms with Crippen LogP contribution in [0.15, 0.2) is 54.1 Å². The molecule has 6 heteroatoms. The fourth-order valence-electron chi connectivity index (χ4n) is 1.88. The molecule has 2 aromatic carbocycles. The van der Waals surface area contributed by atoms with Crippen LogP contribution < -0.4 is 10.1 Å². The summed E-state index contributed by atoms with van der Waals surface area (Å²) in [4.78, 5) is 23.2. The molecule has 2 aromatic rings. The minimum absolute atomic E-state index is 0.0788. The number of nitriles is 1. The van der Waals surface area contributed by atoms with Crippen molar-refractivity contribution in [3.05, 3.63) is 64.7 Å². The maximum atomic E-state index is 12.2. The minimum Gasteiger partial charge on any atom is -0.427 e. The number of rotatable bonds is 4. The number of benzene rings is 2. The van der Waals surface area contributed by atoms with Crippen molar-refractivity contribution >= 4 is 35.2 Å². The van der Waals surface area contributed by atoms with Gasteiger partial charge in [-0.25, -0.2) is 0 Å². The highest BCUT2D eigenvalue weighted by Crippen LogP contribution is 2.18. The number of anilines is 1. The first-order valence-electron chi connectivity index (χ1n) is 6.95. The van der Waals surface area contributed by atoms with Gasteiger partial charge in [-0.1, -0.05) is 23.7 Å². The molecular weight excluding hydrogens is 328 g/mol. The molecule has 5 nitrogen and oxygen atoms in total. The van der Waals surface area contributed by atoms with Crippen molar-refractivity contribution in [3.8, 4) is 11.8 Å². The lowest BCUT2D eigenvalue weighted by atomic mass is 10.1. The van der Waals surface area contributed by atoms with E-state index in [4.69, 9.17) is 16.3 Å². The fraction of sp³-hybridized carbons (Fsp3) is 0.0556. The standard InChI is InChI=1S/C18H13ClN2O3/c1-12(22)24-17-4-2-3-13(10-17)9-14(11-20)18(23)21-16-7-5-15(19)6-8-16/h2-10H,1H3,(H,21,23)/b14-9-. The van der Waals surface area contributed by atoms with Crippen molar-refractivity contribution in [1.82, 2.24) is 0 Å². The first-order chi connectivity index (χ1) is 11.5. The predicted molar refractivity (Wildman–Crippen MR) is 91.4 cm³/mol. The lowest BCUT2D eigenvalue weighted by molar-refractivity contribution is -0.131. The highest BCUT2D eigenvalue weighted by molar-refractivity contribution is 6.30. The predicted octanol–water partition coefficient (Wildman–Crippen LogP) is 3.81. The van der Waals surface area contributed by atoms with Crippen molar-refractivity contribution in [1.29, 1.82) is 5.26 Å². The Kier molecular flexibility index (Phi) is 5.72. The summed E-state index contributed by atoms with van der Waals surface area (Å²) in [5.74, 6) is -0.651. The van der Waals surface area contributed by atoms with Gasteiger partial charge in [0.1, 0.15) is 17.4 Å². The molecule has 120 valence electrons. The summed E-state index contributed by atoms with van der Waals surface area (Å²) in [5.41, 5.74) is 1.01. The van der Waals surface area contributed by atoms with E-state index in [1.165, 1.54) is 13.0 Å². The number of hydrogen-bond acceptors (Lipinski definition) is 4. The van der Waals surface area contributed by atoms with Crippen molar-refractivity contribution in [3.63, 3.8) is 0 Å². The van der Waals surface area contributed by atoms with Crippen LogP contribution in [0.5, 0.6) is 5.75 Å². The molecule has 0 spiro atoms. The van der Waals surface area contributed by atoms with Gasteiger partial charge in [-0.2, -0.15) is 5.26 Å². The number of hydrogen-bond donors (Lipinski definition) is 1. The van der Waals surface area contributed by atoms with Crippen LogP contribution in [0.2, 0.25) is 5.02 Å². The average molecular weight is 341 g/mol. The number of halogens is 1. The monoisotopic (exact) mass is 340 g/mol. The lowest BCUT2D eigenvalue weighted by Gasteiger charge is -2.05. The van der Waals surface area contributed by atoms with E-state index in [9.17, 15) is 14.9 Å². The van der Waals surface area contributed by atoms with Crippen LogP contribution in [-0.2, 0) is 9.59 Å². The van der Waals surface area contributed by atoms with Gasteiger partial charge in [0.25, 0.3) is 5.91 Å². The first-order valence-corrected chi connectivity index (χ1v) is 7.33. The lowest BCUT2D eigenvalue weighted by Crippen LogP contribution is -2.13. The van der Waals surface area contributed by atoms with E-state index in [2.05, 4.69) is 5.32 Å². The maximum Gasteiger partial charge on any atom is 0.308 e. The first kappa shape index (κ1) is 17.3. The second-order valence-electron chi connectivity index (χ2n) is 4.80. The molecule has 0 saturated carbocycles. The second kappa shape index (κ2) is 7.95. The molecule has 1 amide bonds. The van der Waals surface area contributed by atoms with Gasteiger partial charge < -0.3 is 10.1 Å². The molecule has 0 bridgehead atoms. The van der Waals surface area contributed by atoms with E-state index in [1.807, 2.05) is 6.07 Å². The largest absolute Gasteiger partial charge is 0.427 e. The van der Waals surface area contributed by atoms with E-state index in [0.717, 1.165) is 0 Å². The van der Waals surface area contributed by atoms with Gasteiger partial charge in [0.15, 0.2) is 0 Å². The van der Waals surface area contributed by atoms with Crippen LogP contribution in [0.25, 0.3) is 6.08 Å². The molecule has 0 aromatic heterocycles. The summed E-state index contributed by atoms with van der Waals surface area (Å²) in [6.07, 6.45) is 1.41. The summed E-state index contributed by atoms with van der Waals surface area (Å²) < 4.78 is 4.97. The summed E-state index contributed by atoms with van der Waals surface area (Å²) in [6, 6.07) is 14.9. The number of carbonyl (C=O) groups is 2. The zero-order valence-corrected chi connectivity index (χ0v) is 13.5. The van der Waals surface area contributed by atoms with Crippen LogP contribution in [0.1, 0.15) is 12.5 Å². The quantitative estimate of drug-likeness (QED) is 0.397. The van der Waals surface area contributed by atoms with Crippen LogP contribution in [0.4, 0.5) is 5.69 Å². The number of nitrogens with one attached hydrogen (secondary N) is 1. The highest BCUT2D eigenvalue weighted by atomic mass is 35.5. The zero-order chi connectivity index (χ0) is 17.5. The third-order valence-electron chi connectivity index (χ3n) is 2.90. The Morgan fingerprint density at radius 1 is 1.21 bits per heavy atom. The Balaban J connectivity index is 2.19. The Hall–Kier alpha value is -3.10. The molecule has 24 heavy (non-hydrogen) atoms. The molecule has 0 unspecified atom stereocenters. The van der Waals surface area contributed by atoms with E-state index >= 15 is 0 Å². The van der Waals surface area contributed by atoms with Crippen molar-refractivity contribution < 1.29 is 14.3 Å². The molecule has 0 radical (unpaired) electrons. The number of carbonyl (C=O) groups excluding carboxylic acids is 2. The van der Waals surface area contributed by atoms with Gasteiger partial charge >= 0.3 is 5.97 Å². The normalized spacial score (nSPS) is 10.6. The van der Waals surface area contributed by atoms with Gasteiger partial charge in [0.2, 0.25) is 0 Å². The molecule has 0 aliphatic carbocycles. The van der Waals surface area contributed by atoms with Crippen molar-refractivity contribution in [2.45, 2.75) is 6.92 Å². The zero-order valence-electron chi connectivity index (χ0n) is 12.7. The maximum absolute atomic E-state index is 12.2. The van der Waals surface area contributed by atoms with Gasteiger partial charge in [-0.05, 0) is 48.0 Å². The summed E-state index contributed by atoms with van der Waals surface area (Å²) in [5, 5.41) is 12.4. The number of amides is 1. The molecule has 2 rings (SSSR count). The third-order valence-corrected chi connectivity index (χ3v) is 3.15. The van der Waals surface area contributed by atoms with Crippen molar-refractivity contribution in [2.24, 2.45) is 0 Å². The van der Waals surface area contributed by atoms with E-state index in [0.29, 0.717) is 22.0 Å². The molecule has 0 atom stereocenters. The topological polar surface area (TPSA) is 79.2 Å². The molecule has 0 aliphatic heterocycles. The van der Waals surface area contributed by atoms with Gasteiger partial charge in [-0.3, -0.25) is 9.59 Å². The molecular formula is C18H13ClN2O3. The minimum atomic E-state index is -0.544. The van der Waals surface area contributed by atoms with Gasteiger partial charge in [0, 0.05) is 17.6 Å². The summed E-state index contributed by atoms with van der Waals surface area (Å²) in [6.45, 7) is 1.29. The molecule has 0 heterocycles. The van der Waals surface area contributed by atoms with Crippen LogP contribution in [0.3, 0.4) is 0 Å². The van der Waals surface area contributed by atoms with E-state index < -0.39 is 11.9 Å². The fourth-order valence-corrected chi connectivity index (χ4v) is 2.01. The van der Waals surface area contributed by atoms with E-state index in [1.54, 1.807) is 48.5 Å². The summed E-state index contributed by atoms with van der Waals surface area (Å²) in [7, 11) is 0. The third kappa shape index (κ3) is 4.97. The highest BCUT2D eigenvalue weighted by Gasteiger charge is 2.10. The molecule has 1 N–H and O–H groups in total. The summed E-state index contributed by atoms with van der Waals surface area (Å²) >= 11 is 5.78. The number of esters is 1. The molecule has 0 fully saturated rings. The Morgan fingerprint density at radius 2 is 1.92 bits per heavy atom. The Morgan fingerprint density at radius 3 is 2.54 bits per heavy atom. The molecule has 0 saturated heterocycles. The van der Waals surface area contributed by atoms with Crippen LogP contribution in [-0.4, -0.2) is 11.9 Å². The molecule has 0 aliphatic rings. The van der Waals surface area contributed by atoms with E-state index in [-0.39, 0.29) is 5.57 Å². The smallest absolute Gasteiger partial charge is 0.308 e. The average Bonchev–Trinajstić information content (AvgIpc) is 2.54. The second-order valence-corrected chi connectivity index (χ2v) is 5.23. The Bertz CT molecular complexity index is 836. The van der Waals surface area contributed by atoms with Crippen LogP contribution >= 0.6 is 11.6 Å².